The smallest absolute Gasteiger partial charge is 0.0217 e. The Hall–Kier alpha value is 0.660. The molecule has 0 heterocycles. The minimum atomic E-state index is 0.312. The van der Waals surface area contributed by atoms with Crippen molar-refractivity contribution in [1.82, 2.24) is 5.32 Å². The Kier molecular flexibility index (Phi) is 4.80. The molecule has 0 aromatic carbocycles. The molecule has 0 rings (SSSR count). The standard InChI is InChI=1S/C6H15NS2/c1-6(2,9-8)4-5-7-3/h7-8H,4-5H2,1-3H3. The van der Waals surface area contributed by atoms with E-state index in [1.165, 1.54) is 0 Å². The first-order chi connectivity index (χ1) is 4.12. The minimum Gasteiger partial charge on any atom is -0.320 e. The van der Waals surface area contributed by atoms with Crippen molar-refractivity contribution in [3.05, 3.63) is 0 Å². The van der Waals surface area contributed by atoms with E-state index in [0.717, 1.165) is 13.0 Å². The quantitative estimate of drug-likeness (QED) is 0.488. The van der Waals surface area contributed by atoms with Gasteiger partial charge in [0.2, 0.25) is 0 Å². The van der Waals surface area contributed by atoms with Crippen LogP contribution in [0, 0.1) is 0 Å². The monoisotopic (exact) mass is 165 g/mol. The van der Waals surface area contributed by atoms with Gasteiger partial charge >= 0.3 is 0 Å². The average Bonchev–Trinajstić information content (AvgIpc) is 1.84. The predicted octanol–water partition coefficient (Wildman–Crippen LogP) is 1.95. The zero-order valence-corrected chi connectivity index (χ0v) is 7.98. The highest BCUT2D eigenvalue weighted by Crippen LogP contribution is 2.29. The second-order valence-electron chi connectivity index (χ2n) is 2.70. The Labute approximate surface area is 66.8 Å². The van der Waals surface area contributed by atoms with Crippen LogP contribution in [0.1, 0.15) is 20.3 Å². The van der Waals surface area contributed by atoms with Crippen LogP contribution in [0.5, 0.6) is 0 Å². The van der Waals surface area contributed by atoms with Crippen molar-refractivity contribution in [1.29, 1.82) is 0 Å². The fourth-order valence-electron chi connectivity index (χ4n) is 0.472. The highest BCUT2D eigenvalue weighted by molar-refractivity contribution is 8.69. The first-order valence-corrected chi connectivity index (χ1v) is 4.96. The maximum atomic E-state index is 4.16. The molecule has 3 heteroatoms. The maximum absolute atomic E-state index is 4.16. The Balaban J connectivity index is 3.33. The Morgan fingerprint density at radius 1 is 1.56 bits per heavy atom. The van der Waals surface area contributed by atoms with Crippen molar-refractivity contribution in [2.24, 2.45) is 0 Å². The van der Waals surface area contributed by atoms with Crippen LogP contribution in [0.4, 0.5) is 0 Å². The van der Waals surface area contributed by atoms with Gasteiger partial charge in [-0.05, 0) is 33.9 Å². The fourth-order valence-corrected chi connectivity index (χ4v) is 0.939. The van der Waals surface area contributed by atoms with Gasteiger partial charge in [-0.3, -0.25) is 0 Å². The van der Waals surface area contributed by atoms with Gasteiger partial charge < -0.3 is 5.32 Å². The van der Waals surface area contributed by atoms with Gasteiger partial charge in [0.05, 0.1) is 0 Å². The SMILES string of the molecule is CNCCC(C)(C)SS. The summed E-state index contributed by atoms with van der Waals surface area (Å²) in [7, 11) is 3.59. The predicted molar refractivity (Wildman–Crippen MR) is 49.2 cm³/mol. The topological polar surface area (TPSA) is 12.0 Å². The van der Waals surface area contributed by atoms with Gasteiger partial charge in [0.25, 0.3) is 0 Å². The Bertz CT molecular complexity index is 73.5. The molecule has 1 N–H and O–H groups in total. The molecule has 0 fully saturated rings. The van der Waals surface area contributed by atoms with Crippen LogP contribution in [0.25, 0.3) is 0 Å². The highest BCUT2D eigenvalue weighted by Gasteiger charge is 2.14. The van der Waals surface area contributed by atoms with Crippen LogP contribution in [-0.2, 0) is 0 Å². The molecule has 0 unspecified atom stereocenters. The van der Waals surface area contributed by atoms with Gasteiger partial charge in [-0.25, -0.2) is 0 Å². The van der Waals surface area contributed by atoms with Crippen LogP contribution in [0.15, 0.2) is 0 Å². The van der Waals surface area contributed by atoms with E-state index >= 15 is 0 Å². The third kappa shape index (κ3) is 5.12. The van der Waals surface area contributed by atoms with Crippen LogP contribution < -0.4 is 5.32 Å². The number of thiol groups is 1. The lowest BCUT2D eigenvalue weighted by atomic mass is 10.1. The zero-order valence-electron chi connectivity index (χ0n) is 6.27. The molecule has 0 aliphatic heterocycles. The molecule has 0 amide bonds. The summed E-state index contributed by atoms with van der Waals surface area (Å²) in [5.41, 5.74) is 0. The van der Waals surface area contributed by atoms with Crippen LogP contribution in [-0.4, -0.2) is 18.3 Å². The Morgan fingerprint density at radius 2 is 2.11 bits per heavy atom. The molecule has 0 saturated carbocycles. The molecule has 56 valence electrons. The number of nitrogens with one attached hydrogen (secondary N) is 1. The zero-order chi connectivity index (χ0) is 7.33. The lowest BCUT2D eigenvalue weighted by Crippen LogP contribution is -2.20. The number of rotatable bonds is 4. The van der Waals surface area contributed by atoms with Gasteiger partial charge in [0.15, 0.2) is 0 Å². The molecule has 0 aromatic heterocycles. The van der Waals surface area contributed by atoms with Gasteiger partial charge in [-0.15, -0.1) is 11.7 Å². The molecule has 0 radical (unpaired) electrons. The van der Waals surface area contributed by atoms with E-state index < -0.39 is 0 Å². The van der Waals surface area contributed by atoms with Crippen LogP contribution in [0.3, 0.4) is 0 Å². The third-order valence-corrected chi connectivity index (χ3v) is 3.41. The van der Waals surface area contributed by atoms with Crippen molar-refractivity contribution in [3.8, 4) is 0 Å². The summed E-state index contributed by atoms with van der Waals surface area (Å²) in [5.74, 6) is 0. The second-order valence-corrected chi connectivity index (χ2v) is 4.54. The fraction of sp³-hybridized carbons (Fsp3) is 1.00. The first kappa shape index (κ1) is 9.66. The van der Waals surface area contributed by atoms with Crippen molar-refractivity contribution in [3.63, 3.8) is 0 Å². The molecule has 0 spiro atoms. The van der Waals surface area contributed by atoms with E-state index in [-0.39, 0.29) is 0 Å². The number of hydrogen-bond acceptors (Lipinski definition) is 3. The second kappa shape index (κ2) is 4.47. The van der Waals surface area contributed by atoms with Crippen molar-refractivity contribution >= 4 is 22.5 Å². The molecule has 9 heavy (non-hydrogen) atoms. The van der Waals surface area contributed by atoms with Gasteiger partial charge in [-0.2, -0.15) is 0 Å². The molecular formula is C6H15NS2. The Morgan fingerprint density at radius 3 is 2.44 bits per heavy atom. The summed E-state index contributed by atoms with van der Waals surface area (Å²) in [4.78, 5) is 0. The van der Waals surface area contributed by atoms with E-state index in [4.69, 9.17) is 0 Å². The van der Waals surface area contributed by atoms with Gasteiger partial charge in [-0.1, -0.05) is 10.8 Å². The highest BCUT2D eigenvalue weighted by atomic mass is 33.1. The largest absolute Gasteiger partial charge is 0.320 e. The molecule has 0 atom stereocenters. The molecule has 0 aliphatic carbocycles. The molecular weight excluding hydrogens is 150 g/mol. The van der Waals surface area contributed by atoms with E-state index in [2.05, 4.69) is 30.8 Å². The summed E-state index contributed by atoms with van der Waals surface area (Å²) >= 11 is 4.16. The molecule has 0 saturated heterocycles. The van der Waals surface area contributed by atoms with Gasteiger partial charge in [0, 0.05) is 4.75 Å². The number of hydrogen-bond donors (Lipinski definition) is 2. The first-order valence-electron chi connectivity index (χ1n) is 3.09. The van der Waals surface area contributed by atoms with E-state index in [1.807, 2.05) is 7.05 Å². The molecule has 0 aliphatic rings. The normalized spacial score (nSPS) is 12.0. The van der Waals surface area contributed by atoms with E-state index in [9.17, 15) is 0 Å². The van der Waals surface area contributed by atoms with Crippen molar-refractivity contribution < 1.29 is 0 Å². The molecule has 0 aromatic rings. The summed E-state index contributed by atoms with van der Waals surface area (Å²) < 4.78 is 0.312. The summed E-state index contributed by atoms with van der Waals surface area (Å²) in [5, 5.41) is 3.11. The third-order valence-electron chi connectivity index (χ3n) is 1.22. The van der Waals surface area contributed by atoms with Crippen LogP contribution >= 0.6 is 22.5 Å². The molecule has 0 bridgehead atoms. The van der Waals surface area contributed by atoms with Gasteiger partial charge in [0.1, 0.15) is 0 Å². The summed E-state index contributed by atoms with van der Waals surface area (Å²) in [6, 6.07) is 0. The minimum absolute atomic E-state index is 0.312. The van der Waals surface area contributed by atoms with E-state index in [0.29, 0.717) is 4.75 Å². The van der Waals surface area contributed by atoms with E-state index in [1.54, 1.807) is 10.8 Å². The van der Waals surface area contributed by atoms with Crippen LogP contribution in [0.2, 0.25) is 0 Å². The molecule has 1 nitrogen and oxygen atoms in total. The summed E-state index contributed by atoms with van der Waals surface area (Å²) in [6.07, 6.45) is 1.16. The lowest BCUT2D eigenvalue weighted by Gasteiger charge is -2.19. The van der Waals surface area contributed by atoms with Crippen molar-refractivity contribution in [2.75, 3.05) is 13.6 Å². The van der Waals surface area contributed by atoms with Crippen molar-refractivity contribution in [2.45, 2.75) is 25.0 Å². The summed E-state index contributed by atoms with van der Waals surface area (Å²) in [6.45, 7) is 5.46. The maximum Gasteiger partial charge on any atom is 0.0217 e. The average molecular weight is 165 g/mol. The lowest BCUT2D eigenvalue weighted by molar-refractivity contribution is 0.609.